The van der Waals surface area contributed by atoms with Crippen molar-refractivity contribution in [2.75, 3.05) is 4.43 Å². The molecule has 0 aliphatic carbocycles. The largest absolute Gasteiger partial charge is 0.478 e. The molecule has 0 amide bonds. The Hall–Kier alpha value is -0.520. The highest BCUT2D eigenvalue weighted by Gasteiger charge is 1.99. The van der Waals surface area contributed by atoms with Gasteiger partial charge in [-0.3, -0.25) is 0 Å². The number of halogens is 1. The summed E-state index contributed by atoms with van der Waals surface area (Å²) in [4.78, 5) is 10.2. The monoisotopic (exact) mass is 253 g/mol. The summed E-state index contributed by atoms with van der Waals surface area (Å²) in [6.45, 7) is 0. The second kappa shape index (κ2) is 5.28. The molecule has 4 heteroatoms. The number of carbonyl (C=O) groups is 1. The van der Waals surface area contributed by atoms with Crippen molar-refractivity contribution < 1.29 is 9.90 Å². The van der Waals surface area contributed by atoms with Gasteiger partial charge in [-0.2, -0.15) is 0 Å². The van der Waals surface area contributed by atoms with Gasteiger partial charge >= 0.3 is 5.97 Å². The van der Waals surface area contributed by atoms with E-state index in [1.54, 1.807) is 6.08 Å². The van der Waals surface area contributed by atoms with Gasteiger partial charge in [0.05, 0.1) is 5.57 Å². The van der Waals surface area contributed by atoms with Crippen LogP contribution in [0.5, 0.6) is 0 Å². The summed E-state index contributed by atoms with van der Waals surface area (Å²) >= 11 is 2.11. The molecule has 0 aromatic heterocycles. The Morgan fingerprint density at radius 2 is 2.30 bits per heavy atom. The second-order valence-electron chi connectivity index (χ2n) is 1.48. The quantitative estimate of drug-likeness (QED) is 0.340. The van der Waals surface area contributed by atoms with Gasteiger partial charge in [0.2, 0.25) is 0 Å². The molecule has 0 heterocycles. The van der Waals surface area contributed by atoms with Crippen LogP contribution in [0.2, 0.25) is 0 Å². The maximum absolute atomic E-state index is 10.2. The van der Waals surface area contributed by atoms with E-state index in [2.05, 4.69) is 22.6 Å². The SMILES string of the molecule is N/C=C(\C=C/CI)C(=O)O. The zero-order valence-electron chi connectivity index (χ0n) is 5.25. The van der Waals surface area contributed by atoms with Gasteiger partial charge in [0, 0.05) is 10.6 Å². The summed E-state index contributed by atoms with van der Waals surface area (Å²) in [5.74, 6) is -0.997. The van der Waals surface area contributed by atoms with Crippen LogP contribution in [-0.2, 0) is 4.79 Å². The zero-order chi connectivity index (χ0) is 7.98. The number of hydrogen-bond acceptors (Lipinski definition) is 2. The van der Waals surface area contributed by atoms with E-state index in [-0.39, 0.29) is 5.57 Å². The van der Waals surface area contributed by atoms with Crippen LogP contribution in [0.15, 0.2) is 23.9 Å². The molecule has 0 radical (unpaired) electrons. The molecule has 56 valence electrons. The lowest BCUT2D eigenvalue weighted by molar-refractivity contribution is -0.132. The summed E-state index contributed by atoms with van der Waals surface area (Å²) in [7, 11) is 0. The van der Waals surface area contributed by atoms with Gasteiger partial charge < -0.3 is 10.8 Å². The van der Waals surface area contributed by atoms with Gasteiger partial charge in [0.15, 0.2) is 0 Å². The highest BCUT2D eigenvalue weighted by molar-refractivity contribution is 14.1. The molecule has 0 saturated carbocycles. The van der Waals surface area contributed by atoms with Crippen LogP contribution in [0.25, 0.3) is 0 Å². The van der Waals surface area contributed by atoms with Crippen LogP contribution < -0.4 is 5.73 Å². The number of nitrogens with two attached hydrogens (primary N) is 1. The molecule has 0 aliphatic heterocycles. The van der Waals surface area contributed by atoms with E-state index in [9.17, 15) is 4.79 Å². The number of rotatable bonds is 3. The molecule has 0 aromatic carbocycles. The summed E-state index contributed by atoms with van der Waals surface area (Å²) < 4.78 is 0.780. The number of alkyl halides is 1. The third kappa shape index (κ3) is 3.49. The Morgan fingerprint density at radius 3 is 2.60 bits per heavy atom. The first-order chi connectivity index (χ1) is 4.72. The minimum Gasteiger partial charge on any atom is -0.478 e. The van der Waals surface area contributed by atoms with Crippen molar-refractivity contribution in [1.29, 1.82) is 0 Å². The predicted octanol–water partition coefficient (Wildman–Crippen LogP) is 0.905. The molecule has 0 aromatic rings. The lowest BCUT2D eigenvalue weighted by Gasteiger charge is -1.89. The molecule has 0 unspecified atom stereocenters. The van der Waals surface area contributed by atoms with E-state index in [1.807, 2.05) is 0 Å². The smallest absolute Gasteiger partial charge is 0.337 e. The van der Waals surface area contributed by atoms with Crippen LogP contribution >= 0.6 is 22.6 Å². The molecule has 0 aliphatic rings. The Morgan fingerprint density at radius 1 is 1.70 bits per heavy atom. The van der Waals surface area contributed by atoms with Crippen LogP contribution in [0.4, 0.5) is 0 Å². The molecular weight excluding hydrogens is 245 g/mol. The van der Waals surface area contributed by atoms with Gasteiger partial charge in [-0.25, -0.2) is 4.79 Å². The third-order valence-electron chi connectivity index (χ3n) is 0.813. The number of carboxylic acids is 1. The predicted molar refractivity (Wildman–Crippen MR) is 47.9 cm³/mol. The van der Waals surface area contributed by atoms with Gasteiger partial charge in [-0.15, -0.1) is 0 Å². The maximum Gasteiger partial charge on any atom is 0.337 e. The fraction of sp³-hybridized carbons (Fsp3) is 0.167. The van der Waals surface area contributed by atoms with Gasteiger partial charge in [-0.05, 0) is 6.08 Å². The normalized spacial score (nSPS) is 12.3. The number of allylic oxidation sites excluding steroid dienone is 1. The van der Waals surface area contributed by atoms with E-state index < -0.39 is 5.97 Å². The number of hydrogen-bond donors (Lipinski definition) is 2. The second-order valence-corrected chi connectivity index (χ2v) is 2.36. The van der Waals surface area contributed by atoms with Crippen molar-refractivity contribution in [3.05, 3.63) is 23.9 Å². The van der Waals surface area contributed by atoms with Crippen molar-refractivity contribution >= 4 is 28.6 Å². The molecule has 3 nitrogen and oxygen atoms in total. The van der Waals surface area contributed by atoms with E-state index in [0.29, 0.717) is 0 Å². The lowest BCUT2D eigenvalue weighted by atomic mass is 10.3. The van der Waals surface area contributed by atoms with Gasteiger partial charge in [0.25, 0.3) is 0 Å². The topological polar surface area (TPSA) is 63.3 Å². The molecule has 3 N–H and O–H groups in total. The van der Waals surface area contributed by atoms with Crippen LogP contribution in [0.3, 0.4) is 0 Å². The van der Waals surface area contributed by atoms with E-state index in [1.165, 1.54) is 6.08 Å². The van der Waals surface area contributed by atoms with Crippen LogP contribution in [0.1, 0.15) is 0 Å². The average molecular weight is 253 g/mol. The molecule has 0 bridgehead atoms. The molecule has 10 heavy (non-hydrogen) atoms. The maximum atomic E-state index is 10.2. The van der Waals surface area contributed by atoms with Crippen LogP contribution in [-0.4, -0.2) is 15.5 Å². The minimum absolute atomic E-state index is 0.122. The highest BCUT2D eigenvalue weighted by Crippen LogP contribution is 1.95. The van der Waals surface area contributed by atoms with E-state index in [0.717, 1.165) is 10.6 Å². The first-order valence-electron chi connectivity index (χ1n) is 2.60. The number of aliphatic carboxylic acids is 1. The van der Waals surface area contributed by atoms with Crippen molar-refractivity contribution in [3.63, 3.8) is 0 Å². The zero-order valence-corrected chi connectivity index (χ0v) is 7.41. The first kappa shape index (κ1) is 9.48. The van der Waals surface area contributed by atoms with Crippen molar-refractivity contribution in [1.82, 2.24) is 0 Å². The number of carboxylic acid groups (broad SMARTS) is 1. The average Bonchev–Trinajstić information content (AvgIpc) is 1.89. The van der Waals surface area contributed by atoms with E-state index >= 15 is 0 Å². The van der Waals surface area contributed by atoms with Crippen LogP contribution in [0, 0.1) is 0 Å². The third-order valence-corrected chi connectivity index (χ3v) is 1.32. The van der Waals surface area contributed by atoms with Gasteiger partial charge in [0.1, 0.15) is 0 Å². The first-order valence-corrected chi connectivity index (χ1v) is 4.12. The summed E-state index contributed by atoms with van der Waals surface area (Å²) in [5.41, 5.74) is 5.14. The fourth-order valence-corrected chi connectivity index (χ4v) is 0.624. The summed E-state index contributed by atoms with van der Waals surface area (Å²) in [5, 5.41) is 8.40. The summed E-state index contributed by atoms with van der Waals surface area (Å²) in [6.07, 6.45) is 4.28. The fourth-order valence-electron chi connectivity index (χ4n) is 0.370. The Kier molecular flexibility index (Phi) is 5.00. The molecule has 0 saturated heterocycles. The van der Waals surface area contributed by atoms with E-state index in [4.69, 9.17) is 10.8 Å². The molecule has 0 atom stereocenters. The Labute approximate surface area is 72.7 Å². The highest BCUT2D eigenvalue weighted by atomic mass is 127. The Balaban J connectivity index is 4.12. The molecule has 0 spiro atoms. The minimum atomic E-state index is -0.997. The summed E-state index contributed by atoms with van der Waals surface area (Å²) in [6, 6.07) is 0. The Bertz CT molecular complexity index is 175. The lowest BCUT2D eigenvalue weighted by Crippen LogP contribution is -2.00. The van der Waals surface area contributed by atoms with Crippen molar-refractivity contribution in [2.45, 2.75) is 0 Å². The molecule has 0 fully saturated rings. The van der Waals surface area contributed by atoms with Gasteiger partial charge in [-0.1, -0.05) is 28.7 Å². The molecule has 0 rings (SSSR count). The standard InChI is InChI=1S/C6H8INO2/c7-3-1-2-5(4-8)6(9)10/h1-2,4H,3,8H2,(H,9,10)/b2-1-,5-4+. The molecular formula is C6H8INO2. The van der Waals surface area contributed by atoms with Crippen molar-refractivity contribution in [3.8, 4) is 0 Å². The van der Waals surface area contributed by atoms with Crippen molar-refractivity contribution in [2.24, 2.45) is 5.73 Å².